The summed E-state index contributed by atoms with van der Waals surface area (Å²) in [6.07, 6.45) is 3.72. The molecule has 0 bridgehead atoms. The Bertz CT molecular complexity index is 670. The average Bonchev–Trinajstić information content (AvgIpc) is 2.64. The van der Waals surface area contributed by atoms with Crippen LogP contribution in [0, 0.1) is 0 Å². The van der Waals surface area contributed by atoms with Gasteiger partial charge in [0, 0.05) is 36.3 Å². The minimum Gasteiger partial charge on any atom is -0.497 e. The predicted molar refractivity (Wildman–Crippen MR) is 64.8 cm³/mol. The Morgan fingerprint density at radius 2 is 2.00 bits per heavy atom. The number of hydrogen-bond donors (Lipinski definition) is 0. The Labute approximate surface area is 93.3 Å². The Kier molecular flexibility index (Phi) is 1.86. The van der Waals surface area contributed by atoms with Crippen molar-refractivity contribution in [3.63, 3.8) is 0 Å². The summed E-state index contributed by atoms with van der Waals surface area (Å²) >= 11 is 0. The molecule has 1 aromatic carbocycles. The number of benzene rings is 1. The van der Waals surface area contributed by atoms with Crippen LogP contribution >= 0.6 is 0 Å². The summed E-state index contributed by atoms with van der Waals surface area (Å²) < 4.78 is 7.41. The lowest BCUT2D eigenvalue weighted by atomic mass is 10.2. The van der Waals surface area contributed by atoms with E-state index in [1.807, 2.05) is 24.5 Å². The van der Waals surface area contributed by atoms with Gasteiger partial charge in [-0.05, 0) is 18.2 Å². The van der Waals surface area contributed by atoms with Crippen molar-refractivity contribution in [2.24, 2.45) is 7.05 Å². The van der Waals surface area contributed by atoms with Crippen LogP contribution in [0.4, 0.5) is 0 Å². The molecule has 3 aromatic rings. The maximum Gasteiger partial charge on any atom is 0.120 e. The molecular formula is C13H12N2O. The van der Waals surface area contributed by atoms with Crippen molar-refractivity contribution in [1.82, 2.24) is 9.55 Å². The van der Waals surface area contributed by atoms with E-state index >= 15 is 0 Å². The minimum atomic E-state index is 0.881. The first-order valence-corrected chi connectivity index (χ1v) is 5.17. The fourth-order valence-corrected chi connectivity index (χ4v) is 2.16. The average molecular weight is 212 g/mol. The maximum atomic E-state index is 5.24. The van der Waals surface area contributed by atoms with E-state index in [-0.39, 0.29) is 0 Å². The molecule has 2 heterocycles. The van der Waals surface area contributed by atoms with Crippen molar-refractivity contribution in [2.75, 3.05) is 7.11 Å². The summed E-state index contributed by atoms with van der Waals surface area (Å²) in [7, 11) is 3.75. The van der Waals surface area contributed by atoms with Gasteiger partial charge in [0.2, 0.25) is 0 Å². The van der Waals surface area contributed by atoms with Crippen LogP contribution in [-0.4, -0.2) is 16.7 Å². The number of pyridine rings is 1. The third kappa shape index (κ3) is 1.11. The number of nitrogens with zero attached hydrogens (tertiary/aromatic N) is 2. The second-order valence-corrected chi connectivity index (χ2v) is 3.83. The molecule has 0 N–H and O–H groups in total. The molecule has 80 valence electrons. The van der Waals surface area contributed by atoms with E-state index in [9.17, 15) is 0 Å². The fourth-order valence-electron chi connectivity index (χ4n) is 2.16. The van der Waals surface area contributed by atoms with Gasteiger partial charge in [-0.3, -0.25) is 4.98 Å². The van der Waals surface area contributed by atoms with Crippen molar-refractivity contribution < 1.29 is 4.74 Å². The van der Waals surface area contributed by atoms with Gasteiger partial charge in [0.05, 0.1) is 18.1 Å². The van der Waals surface area contributed by atoms with Gasteiger partial charge >= 0.3 is 0 Å². The highest BCUT2D eigenvalue weighted by molar-refractivity contribution is 6.07. The molecule has 3 nitrogen and oxygen atoms in total. The van der Waals surface area contributed by atoms with Crippen LogP contribution in [-0.2, 0) is 7.05 Å². The number of hydrogen-bond acceptors (Lipinski definition) is 2. The Balaban J connectivity index is 2.51. The fraction of sp³-hybridized carbons (Fsp3) is 0.154. The molecule has 0 aliphatic heterocycles. The molecule has 16 heavy (non-hydrogen) atoms. The zero-order valence-corrected chi connectivity index (χ0v) is 9.27. The minimum absolute atomic E-state index is 0.881. The molecule has 0 saturated carbocycles. The predicted octanol–water partition coefficient (Wildman–Crippen LogP) is 2.74. The van der Waals surface area contributed by atoms with Gasteiger partial charge < -0.3 is 9.30 Å². The molecule has 0 unspecified atom stereocenters. The zero-order chi connectivity index (χ0) is 11.1. The van der Waals surface area contributed by atoms with Gasteiger partial charge in [-0.1, -0.05) is 0 Å². The molecule has 3 heteroatoms. The number of ether oxygens (including phenoxy) is 1. The molecule has 0 aliphatic carbocycles. The van der Waals surface area contributed by atoms with Crippen LogP contribution in [0.2, 0.25) is 0 Å². The molecule has 0 saturated heterocycles. The van der Waals surface area contributed by atoms with Crippen LogP contribution in [0.15, 0.2) is 36.7 Å². The largest absolute Gasteiger partial charge is 0.497 e. The van der Waals surface area contributed by atoms with Gasteiger partial charge in [-0.25, -0.2) is 0 Å². The monoisotopic (exact) mass is 212 g/mol. The van der Waals surface area contributed by atoms with E-state index in [4.69, 9.17) is 4.74 Å². The number of aryl methyl sites for hydroxylation is 1. The van der Waals surface area contributed by atoms with Crippen LogP contribution in [0.3, 0.4) is 0 Å². The lowest BCUT2D eigenvalue weighted by molar-refractivity contribution is 0.415. The Morgan fingerprint density at radius 3 is 2.81 bits per heavy atom. The van der Waals surface area contributed by atoms with Crippen LogP contribution in [0.25, 0.3) is 21.8 Å². The van der Waals surface area contributed by atoms with E-state index in [2.05, 4.69) is 28.7 Å². The maximum absolute atomic E-state index is 5.24. The summed E-state index contributed by atoms with van der Waals surface area (Å²) in [6.45, 7) is 0. The van der Waals surface area contributed by atoms with Crippen molar-refractivity contribution in [3.8, 4) is 5.75 Å². The lowest BCUT2D eigenvalue weighted by Gasteiger charge is -2.01. The molecular weight excluding hydrogens is 200 g/mol. The lowest BCUT2D eigenvalue weighted by Crippen LogP contribution is -1.87. The SMILES string of the molecule is COc1ccc2c3cnccc3n(C)c2c1. The third-order valence-corrected chi connectivity index (χ3v) is 3.02. The van der Waals surface area contributed by atoms with E-state index in [1.165, 1.54) is 21.8 Å². The van der Waals surface area contributed by atoms with Gasteiger partial charge in [-0.15, -0.1) is 0 Å². The van der Waals surface area contributed by atoms with Crippen LogP contribution < -0.4 is 4.74 Å². The van der Waals surface area contributed by atoms with Crippen molar-refractivity contribution in [1.29, 1.82) is 0 Å². The molecule has 3 rings (SSSR count). The number of fused-ring (bicyclic) bond motifs is 3. The van der Waals surface area contributed by atoms with Crippen LogP contribution in [0.5, 0.6) is 5.75 Å². The van der Waals surface area contributed by atoms with Crippen molar-refractivity contribution >= 4 is 21.8 Å². The van der Waals surface area contributed by atoms with E-state index < -0.39 is 0 Å². The van der Waals surface area contributed by atoms with Crippen molar-refractivity contribution in [2.45, 2.75) is 0 Å². The number of aromatic nitrogens is 2. The van der Waals surface area contributed by atoms with Gasteiger partial charge in [0.25, 0.3) is 0 Å². The number of rotatable bonds is 1. The second-order valence-electron chi connectivity index (χ2n) is 3.83. The highest BCUT2D eigenvalue weighted by atomic mass is 16.5. The zero-order valence-electron chi connectivity index (χ0n) is 9.27. The third-order valence-electron chi connectivity index (χ3n) is 3.02. The highest BCUT2D eigenvalue weighted by Gasteiger charge is 2.08. The van der Waals surface area contributed by atoms with E-state index in [0.29, 0.717) is 0 Å². The summed E-state index contributed by atoms with van der Waals surface area (Å²) in [4.78, 5) is 4.17. The molecule has 0 spiro atoms. The Hall–Kier alpha value is -2.03. The summed E-state index contributed by atoms with van der Waals surface area (Å²) in [6, 6.07) is 8.14. The van der Waals surface area contributed by atoms with Gasteiger partial charge in [-0.2, -0.15) is 0 Å². The summed E-state index contributed by atoms with van der Waals surface area (Å²) in [5, 5.41) is 2.40. The molecule has 0 aliphatic rings. The first-order valence-electron chi connectivity index (χ1n) is 5.17. The van der Waals surface area contributed by atoms with Crippen LogP contribution in [0.1, 0.15) is 0 Å². The standard InChI is InChI=1S/C13H12N2O/c1-15-12-5-6-14-8-11(12)10-4-3-9(16-2)7-13(10)15/h3-8H,1-2H3. The molecule has 0 fully saturated rings. The molecule has 0 atom stereocenters. The first-order chi connectivity index (χ1) is 7.81. The summed E-state index contributed by atoms with van der Waals surface area (Å²) in [5.41, 5.74) is 2.36. The second kappa shape index (κ2) is 3.23. The molecule has 2 aromatic heterocycles. The van der Waals surface area contributed by atoms with Gasteiger partial charge in [0.1, 0.15) is 5.75 Å². The smallest absolute Gasteiger partial charge is 0.120 e. The van der Waals surface area contributed by atoms with E-state index in [1.54, 1.807) is 7.11 Å². The summed E-state index contributed by atoms with van der Waals surface area (Å²) in [5.74, 6) is 0.881. The normalized spacial score (nSPS) is 11.1. The highest BCUT2D eigenvalue weighted by Crippen LogP contribution is 2.29. The molecule has 0 amide bonds. The van der Waals surface area contributed by atoms with Gasteiger partial charge in [0.15, 0.2) is 0 Å². The van der Waals surface area contributed by atoms with E-state index in [0.717, 1.165) is 5.75 Å². The first kappa shape index (κ1) is 9.21. The topological polar surface area (TPSA) is 27.1 Å². The molecule has 0 radical (unpaired) electrons. The Morgan fingerprint density at radius 1 is 1.12 bits per heavy atom. The number of methoxy groups -OCH3 is 1. The van der Waals surface area contributed by atoms with Crippen molar-refractivity contribution in [3.05, 3.63) is 36.7 Å². The quantitative estimate of drug-likeness (QED) is 0.620.